The van der Waals surface area contributed by atoms with Gasteiger partial charge in [-0.2, -0.15) is 23.3 Å². The molecule has 1 aliphatic carbocycles. The van der Waals surface area contributed by atoms with E-state index < -0.39 is 29.0 Å². The minimum atomic E-state index is -5.03. The Morgan fingerprint density at radius 3 is 2.54 bits per heavy atom. The van der Waals surface area contributed by atoms with Crippen LogP contribution in [0.1, 0.15) is 29.5 Å². The van der Waals surface area contributed by atoms with E-state index in [4.69, 9.17) is 5.73 Å². The van der Waals surface area contributed by atoms with E-state index in [0.29, 0.717) is 23.0 Å². The normalized spacial score (nSPS) is 13.8. The summed E-state index contributed by atoms with van der Waals surface area (Å²) in [5, 5.41) is 14.5. The molecule has 0 radical (unpaired) electrons. The fourth-order valence-corrected chi connectivity index (χ4v) is 4.49. The van der Waals surface area contributed by atoms with Crippen molar-refractivity contribution in [3.8, 4) is 17.0 Å². The fraction of sp³-hybridized carbons (Fsp3) is 0.292. The van der Waals surface area contributed by atoms with E-state index in [9.17, 15) is 22.7 Å². The van der Waals surface area contributed by atoms with Crippen molar-refractivity contribution in [3.63, 3.8) is 0 Å². The molecule has 0 amide bonds. The molecule has 4 aromatic rings. The molecule has 0 saturated heterocycles. The lowest BCUT2D eigenvalue weighted by Gasteiger charge is -2.21. The molecular formula is C24H22F4N6O. The van der Waals surface area contributed by atoms with Crippen molar-refractivity contribution in [1.29, 1.82) is 0 Å². The van der Waals surface area contributed by atoms with E-state index in [2.05, 4.69) is 27.2 Å². The number of rotatable bonds is 3. The Morgan fingerprint density at radius 1 is 1.11 bits per heavy atom. The fourth-order valence-electron chi connectivity index (χ4n) is 4.49. The SMILES string of the molecule is CN(c1ccc2c(c1)CCCC2)c1ncc2c(-c3cc(C(F)(F)F)c(F)c(O)c3N)nn(C)c2n1. The maximum Gasteiger partial charge on any atom is 0.419 e. The van der Waals surface area contributed by atoms with Gasteiger partial charge in [0.15, 0.2) is 17.2 Å². The molecule has 0 saturated carbocycles. The number of anilines is 3. The number of aromatic nitrogens is 4. The summed E-state index contributed by atoms with van der Waals surface area (Å²) < 4.78 is 55.5. The van der Waals surface area contributed by atoms with E-state index in [1.807, 2.05) is 18.0 Å². The van der Waals surface area contributed by atoms with Crippen molar-refractivity contribution in [1.82, 2.24) is 19.7 Å². The largest absolute Gasteiger partial charge is 0.503 e. The molecule has 3 N–H and O–H groups in total. The molecule has 2 aromatic carbocycles. The molecule has 0 unspecified atom stereocenters. The Kier molecular flexibility index (Phi) is 5.30. The maximum absolute atomic E-state index is 14.1. The number of alkyl halides is 3. The number of nitrogens with zero attached hydrogens (tertiary/aromatic N) is 5. The number of aromatic hydroxyl groups is 1. The molecule has 0 fully saturated rings. The van der Waals surface area contributed by atoms with Gasteiger partial charge in [0.05, 0.1) is 16.6 Å². The Morgan fingerprint density at radius 2 is 1.83 bits per heavy atom. The van der Waals surface area contributed by atoms with Gasteiger partial charge in [-0.25, -0.2) is 14.1 Å². The number of hydrogen-bond acceptors (Lipinski definition) is 6. The number of halogens is 4. The van der Waals surface area contributed by atoms with Crippen molar-refractivity contribution >= 4 is 28.4 Å². The molecule has 0 spiro atoms. The highest BCUT2D eigenvalue weighted by molar-refractivity contribution is 5.96. The second-order valence-corrected chi connectivity index (χ2v) is 8.64. The van der Waals surface area contributed by atoms with Crippen molar-refractivity contribution in [3.05, 3.63) is 53.0 Å². The number of nitrogen functional groups attached to an aromatic ring is 1. The van der Waals surface area contributed by atoms with Crippen LogP contribution in [0.15, 0.2) is 30.5 Å². The van der Waals surface area contributed by atoms with Crippen LogP contribution >= 0.6 is 0 Å². The van der Waals surface area contributed by atoms with Gasteiger partial charge in [0, 0.05) is 31.5 Å². The second kappa shape index (κ2) is 8.10. The van der Waals surface area contributed by atoms with Gasteiger partial charge in [0.1, 0.15) is 5.69 Å². The van der Waals surface area contributed by atoms with E-state index >= 15 is 0 Å². The van der Waals surface area contributed by atoms with Gasteiger partial charge >= 0.3 is 6.18 Å². The van der Waals surface area contributed by atoms with Gasteiger partial charge in [0.25, 0.3) is 0 Å². The van der Waals surface area contributed by atoms with Crippen LogP contribution in [0.25, 0.3) is 22.3 Å². The second-order valence-electron chi connectivity index (χ2n) is 8.64. The average molecular weight is 486 g/mol. The predicted octanol–water partition coefficient (Wildman–Crippen LogP) is 5.12. The van der Waals surface area contributed by atoms with Crippen LogP contribution in [0.3, 0.4) is 0 Å². The van der Waals surface area contributed by atoms with E-state index in [1.165, 1.54) is 28.4 Å². The molecule has 11 heteroatoms. The van der Waals surface area contributed by atoms with E-state index in [-0.39, 0.29) is 11.3 Å². The van der Waals surface area contributed by atoms with Crippen molar-refractivity contribution in [2.24, 2.45) is 7.05 Å². The number of nitrogens with two attached hydrogens (primary N) is 1. The smallest absolute Gasteiger partial charge is 0.419 e. The molecular weight excluding hydrogens is 464 g/mol. The lowest BCUT2D eigenvalue weighted by molar-refractivity contribution is -0.140. The Hall–Kier alpha value is -3.89. The average Bonchev–Trinajstić information content (AvgIpc) is 3.16. The lowest BCUT2D eigenvalue weighted by Crippen LogP contribution is -2.14. The molecule has 2 aromatic heterocycles. The summed E-state index contributed by atoms with van der Waals surface area (Å²) >= 11 is 0. The zero-order chi connectivity index (χ0) is 25.1. The minimum absolute atomic E-state index is 0.00350. The molecule has 182 valence electrons. The molecule has 7 nitrogen and oxygen atoms in total. The van der Waals surface area contributed by atoms with Gasteiger partial charge < -0.3 is 15.7 Å². The van der Waals surface area contributed by atoms with Gasteiger partial charge in [-0.05, 0) is 55.0 Å². The number of hydrogen-bond donors (Lipinski definition) is 2. The number of fused-ring (bicyclic) bond motifs is 2. The number of phenols is 1. The Bertz CT molecular complexity index is 1460. The Balaban J connectivity index is 1.59. The van der Waals surface area contributed by atoms with Crippen LogP contribution in [-0.2, 0) is 26.1 Å². The van der Waals surface area contributed by atoms with Crippen LogP contribution in [0.2, 0.25) is 0 Å². The van der Waals surface area contributed by atoms with Gasteiger partial charge in [0.2, 0.25) is 5.95 Å². The summed E-state index contributed by atoms with van der Waals surface area (Å²) in [6, 6.07) is 6.78. The first-order valence-corrected chi connectivity index (χ1v) is 11.0. The third-order valence-corrected chi connectivity index (χ3v) is 6.43. The number of phenolic OH excluding ortho intramolecular Hbond substituents is 1. The summed E-state index contributed by atoms with van der Waals surface area (Å²) in [7, 11) is 3.40. The topological polar surface area (TPSA) is 93.1 Å². The van der Waals surface area contributed by atoms with Crippen molar-refractivity contribution < 1.29 is 22.7 Å². The number of benzene rings is 2. The van der Waals surface area contributed by atoms with Crippen LogP contribution in [0.5, 0.6) is 5.75 Å². The van der Waals surface area contributed by atoms with Gasteiger partial charge in [-0.15, -0.1) is 0 Å². The first-order valence-electron chi connectivity index (χ1n) is 11.0. The predicted molar refractivity (Wildman–Crippen MR) is 124 cm³/mol. The van der Waals surface area contributed by atoms with E-state index in [0.717, 1.165) is 24.9 Å². The highest BCUT2D eigenvalue weighted by atomic mass is 19.4. The monoisotopic (exact) mass is 486 g/mol. The first kappa shape index (κ1) is 22.9. The zero-order valence-electron chi connectivity index (χ0n) is 19.0. The first-order chi connectivity index (χ1) is 16.6. The summed E-state index contributed by atoms with van der Waals surface area (Å²) in [4.78, 5) is 10.8. The third-order valence-electron chi connectivity index (χ3n) is 6.43. The standard InChI is InChI=1S/C24H22F4N6O/c1-33(14-8-7-12-5-3-4-6-13(12)9-14)23-30-11-16-20(32-34(2)22(16)31-23)15-10-17(24(26,27)28)18(25)21(35)19(15)29/h7-11,35H,3-6,29H2,1-2H3. The third kappa shape index (κ3) is 3.80. The molecule has 35 heavy (non-hydrogen) atoms. The lowest BCUT2D eigenvalue weighted by atomic mass is 9.91. The summed E-state index contributed by atoms with van der Waals surface area (Å²) in [6.07, 6.45) is 0.827. The van der Waals surface area contributed by atoms with Gasteiger partial charge in [-0.3, -0.25) is 0 Å². The molecule has 0 atom stereocenters. The van der Waals surface area contributed by atoms with Crippen LogP contribution in [-0.4, -0.2) is 31.9 Å². The Labute approximate surface area is 197 Å². The van der Waals surface area contributed by atoms with E-state index in [1.54, 1.807) is 7.05 Å². The molecule has 0 bridgehead atoms. The zero-order valence-corrected chi connectivity index (χ0v) is 19.0. The molecule has 1 aliphatic rings. The molecule has 5 rings (SSSR count). The van der Waals surface area contributed by atoms with Crippen molar-refractivity contribution in [2.75, 3.05) is 17.7 Å². The summed E-state index contributed by atoms with van der Waals surface area (Å²) in [5.41, 5.74) is 7.24. The van der Waals surface area contributed by atoms with Crippen molar-refractivity contribution in [2.45, 2.75) is 31.9 Å². The highest BCUT2D eigenvalue weighted by Crippen LogP contribution is 2.43. The number of aryl methyl sites for hydroxylation is 3. The minimum Gasteiger partial charge on any atom is -0.503 e. The quantitative estimate of drug-likeness (QED) is 0.237. The van der Waals surface area contributed by atoms with Crippen LogP contribution in [0.4, 0.5) is 34.9 Å². The van der Waals surface area contributed by atoms with Crippen LogP contribution in [0, 0.1) is 5.82 Å². The maximum atomic E-state index is 14.1. The molecule has 2 heterocycles. The summed E-state index contributed by atoms with van der Waals surface area (Å²) in [6.45, 7) is 0. The summed E-state index contributed by atoms with van der Waals surface area (Å²) in [5.74, 6) is -2.74. The van der Waals surface area contributed by atoms with Crippen LogP contribution < -0.4 is 10.6 Å². The highest BCUT2D eigenvalue weighted by Gasteiger charge is 2.37. The van der Waals surface area contributed by atoms with Gasteiger partial charge in [-0.1, -0.05) is 6.07 Å². The molecule has 0 aliphatic heterocycles.